The van der Waals surface area contributed by atoms with Crippen molar-refractivity contribution in [2.45, 2.75) is 33.4 Å². The molecule has 7 nitrogen and oxygen atoms in total. The van der Waals surface area contributed by atoms with Gasteiger partial charge < -0.3 is 15.1 Å². The van der Waals surface area contributed by atoms with Crippen LogP contribution in [0.4, 0.5) is 10.5 Å². The Morgan fingerprint density at radius 3 is 2.80 bits per heavy atom. The molecule has 2 aliphatic heterocycles. The minimum atomic E-state index is -0.00250. The second kappa shape index (κ2) is 7.09. The number of nitrogens with zero attached hydrogens (tertiary/aromatic N) is 4. The fraction of sp³-hybridized carbons (Fsp3) is 0.435. The number of rotatable bonds is 3. The molecule has 3 aromatic rings. The fourth-order valence-electron chi connectivity index (χ4n) is 4.98. The lowest BCUT2D eigenvalue weighted by Gasteiger charge is -2.37. The van der Waals surface area contributed by atoms with Gasteiger partial charge in [0.1, 0.15) is 5.69 Å². The van der Waals surface area contributed by atoms with E-state index >= 15 is 0 Å². The van der Waals surface area contributed by atoms with Crippen LogP contribution in [0.2, 0.25) is 0 Å². The van der Waals surface area contributed by atoms with Crippen molar-refractivity contribution in [1.82, 2.24) is 25.0 Å². The van der Waals surface area contributed by atoms with Crippen molar-refractivity contribution in [3.8, 4) is 11.3 Å². The molecule has 1 saturated heterocycles. The third kappa shape index (κ3) is 3.13. The number of nitrogens with one attached hydrogen (secondary N) is 2. The average molecular weight is 405 g/mol. The van der Waals surface area contributed by atoms with Crippen molar-refractivity contribution in [2.24, 2.45) is 11.8 Å². The maximum atomic E-state index is 13.0. The molecule has 2 amide bonds. The summed E-state index contributed by atoms with van der Waals surface area (Å²) in [4.78, 5) is 21.6. The van der Waals surface area contributed by atoms with Crippen molar-refractivity contribution in [2.75, 3.05) is 25.5 Å². The number of hydrogen-bond acceptors (Lipinski definition) is 4. The van der Waals surface area contributed by atoms with Gasteiger partial charge in [-0.1, -0.05) is 13.8 Å². The van der Waals surface area contributed by atoms with E-state index in [9.17, 15) is 4.79 Å². The first-order chi connectivity index (χ1) is 14.4. The van der Waals surface area contributed by atoms with E-state index in [1.54, 1.807) is 0 Å². The van der Waals surface area contributed by atoms with Crippen molar-refractivity contribution in [3.05, 3.63) is 41.7 Å². The first-order valence-electron chi connectivity index (χ1n) is 10.6. The highest BCUT2D eigenvalue weighted by Gasteiger charge is 2.40. The maximum Gasteiger partial charge on any atom is 0.322 e. The van der Waals surface area contributed by atoms with E-state index in [4.69, 9.17) is 0 Å². The van der Waals surface area contributed by atoms with Crippen LogP contribution in [-0.2, 0) is 6.54 Å². The number of amides is 2. The zero-order valence-corrected chi connectivity index (χ0v) is 17.9. The monoisotopic (exact) mass is 404 g/mol. The largest absolute Gasteiger partial charge is 0.322 e. The van der Waals surface area contributed by atoms with E-state index in [1.807, 2.05) is 36.2 Å². The number of pyridine rings is 1. The van der Waals surface area contributed by atoms with Crippen LogP contribution >= 0.6 is 0 Å². The molecule has 156 valence electrons. The molecular formula is C23H28N6O. The van der Waals surface area contributed by atoms with Gasteiger partial charge in [-0.15, -0.1) is 0 Å². The van der Waals surface area contributed by atoms with Gasteiger partial charge in [0, 0.05) is 48.2 Å². The Morgan fingerprint density at radius 2 is 2.03 bits per heavy atom. The summed E-state index contributed by atoms with van der Waals surface area (Å²) < 4.78 is 0. The van der Waals surface area contributed by atoms with Crippen LogP contribution in [0.1, 0.15) is 25.1 Å². The van der Waals surface area contributed by atoms with E-state index in [1.165, 1.54) is 0 Å². The number of carbonyl (C=O) groups is 1. The van der Waals surface area contributed by atoms with Gasteiger partial charge in [-0.3, -0.25) is 10.1 Å². The number of aromatic amines is 1. The van der Waals surface area contributed by atoms with E-state index in [0.29, 0.717) is 18.4 Å². The lowest BCUT2D eigenvalue weighted by molar-refractivity contribution is 0.155. The Labute approximate surface area is 176 Å². The molecule has 5 rings (SSSR count). The van der Waals surface area contributed by atoms with Gasteiger partial charge in [-0.25, -0.2) is 4.79 Å². The van der Waals surface area contributed by atoms with Gasteiger partial charge in [0.2, 0.25) is 0 Å². The Hall–Kier alpha value is -2.93. The molecule has 0 bridgehead atoms. The number of benzene rings is 1. The summed E-state index contributed by atoms with van der Waals surface area (Å²) in [6.07, 6.45) is 1.81. The molecule has 0 radical (unpaired) electrons. The number of likely N-dealkylation sites (N-methyl/N-ethyl adjacent to an activating group) is 1. The van der Waals surface area contributed by atoms with Crippen LogP contribution in [0.25, 0.3) is 22.2 Å². The lowest BCUT2D eigenvalue weighted by atomic mass is 9.89. The van der Waals surface area contributed by atoms with E-state index in [2.05, 4.69) is 52.4 Å². The van der Waals surface area contributed by atoms with E-state index in [0.717, 1.165) is 52.2 Å². The molecular weight excluding hydrogens is 376 g/mol. The zero-order chi connectivity index (χ0) is 21.0. The molecule has 7 heteroatoms. The highest BCUT2D eigenvalue weighted by Crippen LogP contribution is 2.36. The van der Waals surface area contributed by atoms with Crippen molar-refractivity contribution in [1.29, 1.82) is 0 Å². The highest BCUT2D eigenvalue weighted by molar-refractivity contribution is 6.00. The Balaban J connectivity index is 1.53. The molecule has 30 heavy (non-hydrogen) atoms. The zero-order valence-electron chi connectivity index (χ0n) is 17.9. The summed E-state index contributed by atoms with van der Waals surface area (Å²) in [5.74, 6) is 1.02. The number of H-pyrrole nitrogens is 1. The minimum absolute atomic E-state index is 0.00250. The maximum absolute atomic E-state index is 13.0. The lowest BCUT2D eigenvalue weighted by Crippen LogP contribution is -2.49. The van der Waals surface area contributed by atoms with Crippen LogP contribution in [0, 0.1) is 18.8 Å². The molecule has 0 aliphatic carbocycles. The SMILES string of the molecule is Cc1cc(-c2n[nH]c3cc4c(cc23)CN(C2CN(C)CC2C(C)C)C(=O)N4)ccn1. The third-order valence-electron chi connectivity index (χ3n) is 6.57. The van der Waals surface area contributed by atoms with Gasteiger partial charge in [-0.2, -0.15) is 5.10 Å². The molecule has 2 aliphatic rings. The summed E-state index contributed by atoms with van der Waals surface area (Å²) in [6.45, 7) is 9.07. The average Bonchev–Trinajstić information content (AvgIpc) is 3.29. The molecule has 0 spiro atoms. The second-order valence-electron chi connectivity index (χ2n) is 9.07. The summed E-state index contributed by atoms with van der Waals surface area (Å²) in [5.41, 5.74) is 5.85. The third-order valence-corrected chi connectivity index (χ3v) is 6.57. The number of hydrogen-bond donors (Lipinski definition) is 2. The van der Waals surface area contributed by atoms with Crippen LogP contribution in [0.5, 0.6) is 0 Å². The number of carbonyl (C=O) groups excluding carboxylic acids is 1. The normalized spacial score (nSPS) is 22.0. The highest BCUT2D eigenvalue weighted by atomic mass is 16.2. The quantitative estimate of drug-likeness (QED) is 0.695. The van der Waals surface area contributed by atoms with Crippen molar-refractivity contribution < 1.29 is 4.79 Å². The number of aromatic nitrogens is 3. The molecule has 2 atom stereocenters. The van der Waals surface area contributed by atoms with E-state index < -0.39 is 0 Å². The van der Waals surface area contributed by atoms with Crippen LogP contribution in [0.15, 0.2) is 30.5 Å². The number of fused-ring (bicyclic) bond motifs is 2. The van der Waals surface area contributed by atoms with Crippen LogP contribution in [0.3, 0.4) is 0 Å². The topological polar surface area (TPSA) is 77.2 Å². The van der Waals surface area contributed by atoms with Crippen molar-refractivity contribution >= 4 is 22.6 Å². The molecule has 1 aromatic carbocycles. The van der Waals surface area contributed by atoms with Gasteiger partial charge in [0.25, 0.3) is 0 Å². The number of anilines is 1. The molecule has 2 unspecified atom stereocenters. The Bertz CT molecular complexity index is 1120. The first kappa shape index (κ1) is 19.1. The van der Waals surface area contributed by atoms with Crippen LogP contribution < -0.4 is 5.32 Å². The smallest absolute Gasteiger partial charge is 0.316 e. The van der Waals surface area contributed by atoms with Gasteiger partial charge >= 0.3 is 6.03 Å². The predicted octanol–water partition coefficient (Wildman–Crippen LogP) is 3.87. The summed E-state index contributed by atoms with van der Waals surface area (Å²) in [6, 6.07) is 8.44. The van der Waals surface area contributed by atoms with Gasteiger partial charge in [-0.05, 0) is 55.6 Å². The summed E-state index contributed by atoms with van der Waals surface area (Å²) >= 11 is 0. The van der Waals surface area contributed by atoms with Crippen molar-refractivity contribution in [3.63, 3.8) is 0 Å². The predicted molar refractivity (Wildman–Crippen MR) is 118 cm³/mol. The molecule has 4 heterocycles. The molecule has 1 fully saturated rings. The van der Waals surface area contributed by atoms with Gasteiger partial charge in [0.05, 0.1) is 11.6 Å². The van der Waals surface area contributed by atoms with Crippen LogP contribution in [-0.4, -0.2) is 57.2 Å². The minimum Gasteiger partial charge on any atom is -0.316 e. The fourth-order valence-corrected chi connectivity index (χ4v) is 4.98. The molecule has 0 saturated carbocycles. The second-order valence-corrected chi connectivity index (χ2v) is 9.07. The Morgan fingerprint density at radius 1 is 1.20 bits per heavy atom. The molecule has 2 aromatic heterocycles. The molecule has 2 N–H and O–H groups in total. The Kier molecular flexibility index (Phi) is 4.50. The number of urea groups is 1. The number of aryl methyl sites for hydroxylation is 1. The standard InChI is InChI=1S/C23H28N6O/c1-13(2)18-11-28(4)12-21(18)29-10-16-8-17-20(9-19(16)25-23(29)30)26-27-22(17)15-5-6-24-14(3)7-15/h5-9,13,18,21H,10-12H2,1-4H3,(H,25,30)(H,26,27). The summed E-state index contributed by atoms with van der Waals surface area (Å²) in [5, 5.41) is 11.9. The first-order valence-corrected chi connectivity index (χ1v) is 10.6. The number of likely N-dealkylation sites (tertiary alicyclic amines) is 1. The summed E-state index contributed by atoms with van der Waals surface area (Å²) in [7, 11) is 2.14. The van der Waals surface area contributed by atoms with E-state index in [-0.39, 0.29) is 12.1 Å². The van der Waals surface area contributed by atoms with Gasteiger partial charge in [0.15, 0.2) is 0 Å².